The monoisotopic (exact) mass is 320 g/mol. The van der Waals surface area contributed by atoms with Gasteiger partial charge in [-0.2, -0.15) is 0 Å². The van der Waals surface area contributed by atoms with Gasteiger partial charge in [-0.1, -0.05) is 6.08 Å². The molecule has 1 atom stereocenters. The third kappa shape index (κ3) is 3.41. The molecule has 0 saturated carbocycles. The van der Waals surface area contributed by atoms with Crippen LogP contribution in [-0.4, -0.2) is 30.8 Å². The normalized spacial score (nSPS) is 12.9. The first kappa shape index (κ1) is 16.7. The van der Waals surface area contributed by atoms with Crippen molar-refractivity contribution in [3.05, 3.63) is 39.3 Å². The smallest absolute Gasteiger partial charge is 0.332 e. The van der Waals surface area contributed by atoms with Gasteiger partial charge in [0.05, 0.1) is 6.33 Å². The Morgan fingerprint density at radius 1 is 1.39 bits per heavy atom. The SMILES string of the molecule is CC(=O)OC(C)/C=C/CCn1c(=O)c2c(ncn2C)n(C)c1=O. The summed E-state index contributed by atoms with van der Waals surface area (Å²) in [6, 6.07) is 0. The van der Waals surface area contributed by atoms with E-state index >= 15 is 0 Å². The number of carbonyl (C=O) groups is 1. The van der Waals surface area contributed by atoms with Gasteiger partial charge in [-0.25, -0.2) is 9.78 Å². The molecule has 8 nitrogen and oxygen atoms in total. The van der Waals surface area contributed by atoms with Crippen LogP contribution < -0.4 is 11.2 Å². The maximum Gasteiger partial charge on any atom is 0.332 e. The number of rotatable bonds is 5. The molecular formula is C15H20N4O4. The molecule has 0 amide bonds. The minimum Gasteiger partial charge on any atom is -0.459 e. The van der Waals surface area contributed by atoms with Gasteiger partial charge in [-0.15, -0.1) is 0 Å². The summed E-state index contributed by atoms with van der Waals surface area (Å²) in [4.78, 5) is 39.6. The van der Waals surface area contributed by atoms with E-state index in [9.17, 15) is 14.4 Å². The second-order valence-electron chi connectivity index (χ2n) is 5.36. The fourth-order valence-corrected chi connectivity index (χ4v) is 2.39. The Kier molecular flexibility index (Phi) is 4.83. The summed E-state index contributed by atoms with van der Waals surface area (Å²) in [6.45, 7) is 3.33. The van der Waals surface area contributed by atoms with E-state index in [1.54, 1.807) is 37.7 Å². The van der Waals surface area contributed by atoms with Gasteiger partial charge in [0.2, 0.25) is 0 Å². The molecule has 2 aromatic heterocycles. The number of esters is 1. The van der Waals surface area contributed by atoms with Crippen molar-refractivity contribution < 1.29 is 9.53 Å². The summed E-state index contributed by atoms with van der Waals surface area (Å²) in [7, 11) is 3.30. The molecule has 0 N–H and O–H groups in total. The van der Waals surface area contributed by atoms with E-state index in [0.29, 0.717) is 17.6 Å². The minimum absolute atomic E-state index is 0.246. The summed E-state index contributed by atoms with van der Waals surface area (Å²) in [5.41, 5.74) is 0.00861. The molecule has 1 unspecified atom stereocenters. The predicted molar refractivity (Wildman–Crippen MR) is 85.2 cm³/mol. The molecule has 0 saturated heterocycles. The molecule has 0 aromatic carbocycles. The molecule has 0 bridgehead atoms. The lowest BCUT2D eigenvalue weighted by molar-refractivity contribution is -0.143. The maximum atomic E-state index is 12.5. The van der Waals surface area contributed by atoms with E-state index in [-0.39, 0.29) is 24.2 Å². The first-order chi connectivity index (χ1) is 10.8. The zero-order chi connectivity index (χ0) is 17.1. The second-order valence-corrected chi connectivity index (χ2v) is 5.36. The second kappa shape index (κ2) is 6.64. The number of ether oxygens (including phenoxy) is 1. The number of hydrogen-bond acceptors (Lipinski definition) is 5. The van der Waals surface area contributed by atoms with E-state index in [1.165, 1.54) is 22.4 Å². The topological polar surface area (TPSA) is 88.1 Å². The first-order valence-electron chi connectivity index (χ1n) is 7.27. The number of carbonyl (C=O) groups excluding carboxylic acids is 1. The fourth-order valence-electron chi connectivity index (χ4n) is 2.39. The average molecular weight is 320 g/mol. The van der Waals surface area contributed by atoms with Gasteiger partial charge in [-0.05, 0) is 19.4 Å². The minimum atomic E-state index is -0.400. The first-order valence-corrected chi connectivity index (χ1v) is 7.27. The summed E-state index contributed by atoms with van der Waals surface area (Å²) >= 11 is 0. The predicted octanol–water partition coefficient (Wildman–Crippen LogP) is 0.332. The lowest BCUT2D eigenvalue weighted by atomic mass is 10.3. The van der Waals surface area contributed by atoms with Crippen molar-refractivity contribution in [2.24, 2.45) is 14.1 Å². The van der Waals surface area contributed by atoms with Crippen molar-refractivity contribution in [3.8, 4) is 0 Å². The van der Waals surface area contributed by atoms with Crippen LogP contribution in [0.3, 0.4) is 0 Å². The van der Waals surface area contributed by atoms with Gasteiger partial charge in [0.15, 0.2) is 11.2 Å². The molecule has 0 aliphatic heterocycles. The Hall–Kier alpha value is -2.64. The molecule has 23 heavy (non-hydrogen) atoms. The highest BCUT2D eigenvalue weighted by Gasteiger charge is 2.14. The summed E-state index contributed by atoms with van der Waals surface area (Å²) < 4.78 is 9.11. The number of imidazole rings is 1. The largest absolute Gasteiger partial charge is 0.459 e. The van der Waals surface area contributed by atoms with Crippen LogP contribution in [0.25, 0.3) is 11.2 Å². The van der Waals surface area contributed by atoms with E-state index in [1.807, 2.05) is 0 Å². The van der Waals surface area contributed by atoms with E-state index in [2.05, 4.69) is 4.98 Å². The van der Waals surface area contributed by atoms with Crippen LogP contribution in [0.4, 0.5) is 0 Å². The van der Waals surface area contributed by atoms with Crippen LogP contribution >= 0.6 is 0 Å². The summed E-state index contributed by atoms with van der Waals surface area (Å²) in [6.07, 6.45) is 5.15. The number of aryl methyl sites for hydroxylation is 2. The zero-order valence-corrected chi connectivity index (χ0v) is 13.6. The number of aromatic nitrogens is 4. The molecule has 2 rings (SSSR count). The van der Waals surface area contributed by atoms with Crippen LogP contribution in [-0.2, 0) is 30.2 Å². The van der Waals surface area contributed by atoms with Crippen LogP contribution in [0, 0.1) is 0 Å². The lowest BCUT2D eigenvalue weighted by Crippen LogP contribution is -2.39. The van der Waals surface area contributed by atoms with E-state index in [0.717, 1.165) is 0 Å². The highest BCUT2D eigenvalue weighted by Crippen LogP contribution is 2.03. The molecule has 124 valence electrons. The molecule has 0 aliphatic carbocycles. The molecular weight excluding hydrogens is 300 g/mol. The van der Waals surface area contributed by atoms with Crippen molar-refractivity contribution in [2.45, 2.75) is 32.9 Å². The molecule has 0 fully saturated rings. The highest BCUT2D eigenvalue weighted by molar-refractivity contribution is 5.69. The van der Waals surface area contributed by atoms with Gasteiger partial charge in [0.25, 0.3) is 5.56 Å². The van der Waals surface area contributed by atoms with Crippen molar-refractivity contribution in [2.75, 3.05) is 0 Å². The van der Waals surface area contributed by atoms with Crippen molar-refractivity contribution >= 4 is 17.1 Å². The van der Waals surface area contributed by atoms with Crippen LogP contribution in [0.5, 0.6) is 0 Å². The molecule has 0 spiro atoms. The quantitative estimate of drug-likeness (QED) is 0.585. The van der Waals surface area contributed by atoms with E-state index in [4.69, 9.17) is 4.74 Å². The fraction of sp³-hybridized carbons (Fsp3) is 0.467. The Balaban J connectivity index is 2.23. The van der Waals surface area contributed by atoms with Crippen LogP contribution in [0.15, 0.2) is 28.1 Å². The Labute approximate surface area is 132 Å². The average Bonchev–Trinajstić information content (AvgIpc) is 2.85. The molecule has 0 aliphatic rings. The number of nitrogens with zero attached hydrogens (tertiary/aromatic N) is 4. The summed E-state index contributed by atoms with van der Waals surface area (Å²) in [5.74, 6) is -0.353. The third-order valence-electron chi connectivity index (χ3n) is 3.48. The Morgan fingerprint density at radius 3 is 2.74 bits per heavy atom. The molecule has 2 heterocycles. The van der Waals surface area contributed by atoms with Crippen molar-refractivity contribution in [1.29, 1.82) is 0 Å². The van der Waals surface area contributed by atoms with Gasteiger partial charge in [-0.3, -0.25) is 18.7 Å². The van der Waals surface area contributed by atoms with Gasteiger partial charge >= 0.3 is 11.7 Å². The van der Waals surface area contributed by atoms with Crippen LogP contribution in [0.1, 0.15) is 20.3 Å². The van der Waals surface area contributed by atoms with Crippen molar-refractivity contribution in [1.82, 2.24) is 18.7 Å². The van der Waals surface area contributed by atoms with Crippen molar-refractivity contribution in [3.63, 3.8) is 0 Å². The van der Waals surface area contributed by atoms with Gasteiger partial charge in [0.1, 0.15) is 6.10 Å². The number of allylic oxidation sites excluding steroid dienone is 1. The van der Waals surface area contributed by atoms with Gasteiger partial charge in [0, 0.05) is 27.6 Å². The van der Waals surface area contributed by atoms with Crippen LogP contribution in [0.2, 0.25) is 0 Å². The number of hydrogen-bond donors (Lipinski definition) is 0. The Bertz CT molecular complexity index is 872. The molecule has 2 aromatic rings. The molecule has 8 heteroatoms. The number of fused-ring (bicyclic) bond motifs is 1. The summed E-state index contributed by atoms with van der Waals surface area (Å²) in [5, 5.41) is 0. The standard InChI is InChI=1S/C15H20N4O4/c1-10(23-11(2)20)7-5-6-8-19-14(21)12-13(16-9-17(12)3)18(4)15(19)22/h5,7,9-10H,6,8H2,1-4H3/b7-5+. The van der Waals surface area contributed by atoms with Gasteiger partial charge < -0.3 is 9.30 Å². The third-order valence-corrected chi connectivity index (χ3v) is 3.48. The highest BCUT2D eigenvalue weighted by atomic mass is 16.5. The maximum absolute atomic E-state index is 12.5. The Morgan fingerprint density at radius 2 is 2.09 bits per heavy atom. The molecule has 0 radical (unpaired) electrons. The lowest BCUT2D eigenvalue weighted by Gasteiger charge is -2.08. The van der Waals surface area contributed by atoms with E-state index < -0.39 is 5.69 Å². The zero-order valence-electron chi connectivity index (χ0n) is 13.6.